The summed E-state index contributed by atoms with van der Waals surface area (Å²) in [6.07, 6.45) is 13.4. The number of phenolic OH excluding ortho intramolecular Hbond substituents is 2. The van der Waals surface area contributed by atoms with E-state index in [2.05, 4.69) is 79.3 Å². The summed E-state index contributed by atoms with van der Waals surface area (Å²) in [6.45, 7) is 17.0. The number of azo groups is 2. The molecule has 0 unspecified atom stereocenters. The SMILES string of the molecule is CCCCCCCCCCCCOc1cc(C)c(N=Nc2ccc(C)cc2C)c(C)c1.Cc1cc(O)ccc1N=Nc1c(C)cc(O)cc1C. The summed E-state index contributed by atoms with van der Waals surface area (Å²) < 4.78 is 6.02. The van der Waals surface area contributed by atoms with Crippen molar-refractivity contribution in [2.24, 2.45) is 20.5 Å². The summed E-state index contributed by atoms with van der Waals surface area (Å²) in [5, 5.41) is 36.3. The molecule has 0 heterocycles. The average Bonchev–Trinajstić information content (AvgIpc) is 3.05. The Morgan fingerprint density at radius 2 is 0.900 bits per heavy atom. The van der Waals surface area contributed by atoms with Crippen LogP contribution in [0.4, 0.5) is 22.7 Å². The van der Waals surface area contributed by atoms with Crippen LogP contribution in [0.5, 0.6) is 17.2 Å². The van der Waals surface area contributed by atoms with E-state index in [1.54, 1.807) is 30.3 Å². The largest absolute Gasteiger partial charge is 0.508 e. The summed E-state index contributed by atoms with van der Waals surface area (Å²) in [5.41, 5.74) is 10.5. The first-order valence-electron chi connectivity index (χ1n) is 18.2. The molecule has 50 heavy (non-hydrogen) atoms. The van der Waals surface area contributed by atoms with Crippen LogP contribution in [0.2, 0.25) is 0 Å². The second-order valence-electron chi connectivity index (χ2n) is 13.5. The van der Waals surface area contributed by atoms with Gasteiger partial charge >= 0.3 is 0 Å². The fraction of sp³-hybridized carbons (Fsp3) is 0.442. The van der Waals surface area contributed by atoms with Crippen molar-refractivity contribution in [1.82, 2.24) is 0 Å². The van der Waals surface area contributed by atoms with Gasteiger partial charge in [-0.25, -0.2) is 0 Å². The predicted molar refractivity (Wildman–Crippen MR) is 208 cm³/mol. The van der Waals surface area contributed by atoms with E-state index in [1.165, 1.54) is 63.4 Å². The number of aryl methyl sites for hydroxylation is 7. The Morgan fingerprint density at radius 1 is 0.460 bits per heavy atom. The maximum absolute atomic E-state index is 9.48. The molecule has 0 aliphatic carbocycles. The normalized spacial score (nSPS) is 11.3. The summed E-state index contributed by atoms with van der Waals surface area (Å²) in [4.78, 5) is 0. The van der Waals surface area contributed by atoms with Gasteiger partial charge in [0.05, 0.1) is 29.4 Å². The molecule has 0 radical (unpaired) electrons. The Kier molecular flexibility index (Phi) is 16.7. The van der Waals surface area contributed by atoms with Gasteiger partial charge in [-0.1, -0.05) is 82.4 Å². The molecule has 0 bridgehead atoms. The van der Waals surface area contributed by atoms with Crippen molar-refractivity contribution in [3.8, 4) is 17.2 Å². The average molecular weight is 679 g/mol. The van der Waals surface area contributed by atoms with Crippen molar-refractivity contribution < 1.29 is 14.9 Å². The first-order valence-corrected chi connectivity index (χ1v) is 18.2. The molecule has 4 rings (SSSR count). The fourth-order valence-corrected chi connectivity index (χ4v) is 5.90. The van der Waals surface area contributed by atoms with Gasteiger partial charge in [0.2, 0.25) is 0 Å². The molecule has 0 aliphatic rings. The van der Waals surface area contributed by atoms with Gasteiger partial charge in [0.1, 0.15) is 17.2 Å². The van der Waals surface area contributed by atoms with Gasteiger partial charge in [0, 0.05) is 0 Å². The summed E-state index contributed by atoms with van der Waals surface area (Å²) >= 11 is 0. The zero-order chi connectivity index (χ0) is 36.5. The van der Waals surface area contributed by atoms with E-state index in [0.29, 0.717) is 5.69 Å². The number of phenols is 2. The van der Waals surface area contributed by atoms with Crippen molar-refractivity contribution in [1.29, 1.82) is 0 Å². The maximum Gasteiger partial charge on any atom is 0.119 e. The molecule has 0 saturated carbocycles. The van der Waals surface area contributed by atoms with E-state index in [9.17, 15) is 10.2 Å². The topological polar surface area (TPSA) is 99.1 Å². The number of unbranched alkanes of at least 4 members (excludes halogenated alkanes) is 9. The van der Waals surface area contributed by atoms with Crippen LogP contribution in [-0.4, -0.2) is 16.8 Å². The minimum Gasteiger partial charge on any atom is -0.508 e. The summed E-state index contributed by atoms with van der Waals surface area (Å²) in [7, 11) is 0. The molecule has 0 atom stereocenters. The molecule has 0 aliphatic heterocycles. The minimum atomic E-state index is 0.216. The first-order chi connectivity index (χ1) is 24.0. The highest BCUT2D eigenvalue weighted by molar-refractivity contribution is 5.57. The third-order valence-electron chi connectivity index (χ3n) is 8.76. The van der Waals surface area contributed by atoms with Crippen LogP contribution in [-0.2, 0) is 0 Å². The number of hydrogen-bond donors (Lipinski definition) is 2. The van der Waals surface area contributed by atoms with Crippen molar-refractivity contribution in [3.63, 3.8) is 0 Å². The van der Waals surface area contributed by atoms with Gasteiger partial charge in [-0.2, -0.15) is 10.2 Å². The highest BCUT2D eigenvalue weighted by Gasteiger charge is 2.07. The maximum atomic E-state index is 9.48. The van der Waals surface area contributed by atoms with Crippen LogP contribution in [0.3, 0.4) is 0 Å². The van der Waals surface area contributed by atoms with E-state index < -0.39 is 0 Å². The third kappa shape index (κ3) is 13.4. The zero-order valence-electron chi connectivity index (χ0n) is 31.6. The number of aromatic hydroxyl groups is 2. The Balaban J connectivity index is 0.000000303. The lowest BCUT2D eigenvalue weighted by Crippen LogP contribution is -1.98. The Labute approximate surface area is 300 Å². The van der Waals surface area contributed by atoms with E-state index in [4.69, 9.17) is 4.74 Å². The highest BCUT2D eigenvalue weighted by atomic mass is 16.5. The van der Waals surface area contributed by atoms with Crippen molar-refractivity contribution in [2.75, 3.05) is 6.61 Å². The second-order valence-corrected chi connectivity index (χ2v) is 13.5. The van der Waals surface area contributed by atoms with E-state index >= 15 is 0 Å². The monoisotopic (exact) mass is 678 g/mol. The van der Waals surface area contributed by atoms with E-state index in [1.807, 2.05) is 26.8 Å². The van der Waals surface area contributed by atoms with Crippen molar-refractivity contribution in [2.45, 2.75) is 120 Å². The quantitative estimate of drug-likeness (QED) is 0.0911. The Morgan fingerprint density at radius 3 is 1.40 bits per heavy atom. The van der Waals surface area contributed by atoms with Crippen LogP contribution in [0, 0.1) is 48.5 Å². The molecular weight excluding hydrogens is 620 g/mol. The zero-order valence-corrected chi connectivity index (χ0v) is 31.6. The van der Waals surface area contributed by atoms with Crippen molar-refractivity contribution in [3.05, 3.63) is 99.6 Å². The number of rotatable bonds is 16. The van der Waals surface area contributed by atoms with Gasteiger partial charge < -0.3 is 14.9 Å². The molecule has 0 amide bonds. The third-order valence-corrected chi connectivity index (χ3v) is 8.76. The van der Waals surface area contributed by atoms with E-state index in [-0.39, 0.29) is 11.5 Å². The lowest BCUT2D eigenvalue weighted by molar-refractivity contribution is 0.304. The van der Waals surface area contributed by atoms with Gasteiger partial charge in [0.15, 0.2) is 0 Å². The first kappa shape index (κ1) is 39.9. The number of benzene rings is 4. The minimum absolute atomic E-state index is 0.216. The molecule has 0 fully saturated rings. The molecule has 268 valence electrons. The lowest BCUT2D eigenvalue weighted by Gasteiger charge is -2.11. The van der Waals surface area contributed by atoms with Gasteiger partial charge in [-0.05, 0) is 137 Å². The molecule has 2 N–H and O–H groups in total. The van der Waals surface area contributed by atoms with Gasteiger partial charge in [-0.3, -0.25) is 0 Å². The number of nitrogens with zero attached hydrogens (tertiary/aromatic N) is 4. The van der Waals surface area contributed by atoms with Crippen LogP contribution in [0.15, 0.2) is 81.1 Å². The molecule has 7 heteroatoms. The molecule has 4 aromatic rings. The lowest BCUT2D eigenvalue weighted by atomic mass is 10.1. The molecule has 7 nitrogen and oxygen atoms in total. The van der Waals surface area contributed by atoms with Crippen molar-refractivity contribution >= 4 is 22.7 Å². The van der Waals surface area contributed by atoms with Crippen LogP contribution in [0.25, 0.3) is 0 Å². The standard InChI is InChI=1S/C28H42N2O.C15H16N2O2/c1-6-7-8-9-10-11-12-13-14-15-18-31-26-20-24(4)28(25(5)21-26)30-29-27-17-16-22(2)19-23(27)3;1-9-6-12(18)4-5-14(9)16-17-15-10(2)7-13(19)8-11(15)3/h16-17,19-21H,6-15,18H2,1-5H3;4-8,18-19H,1-3H3. The van der Waals surface area contributed by atoms with Crippen LogP contribution < -0.4 is 4.74 Å². The fourth-order valence-electron chi connectivity index (χ4n) is 5.90. The van der Waals surface area contributed by atoms with E-state index in [0.717, 1.165) is 69.2 Å². The Hall–Kier alpha value is -4.52. The predicted octanol–water partition coefficient (Wildman–Crippen LogP) is 14.1. The molecule has 0 aromatic heterocycles. The summed E-state index contributed by atoms with van der Waals surface area (Å²) in [5.74, 6) is 1.39. The highest BCUT2D eigenvalue weighted by Crippen LogP contribution is 2.32. The molecule has 0 saturated heterocycles. The second kappa shape index (κ2) is 20.9. The van der Waals surface area contributed by atoms with Crippen LogP contribution >= 0.6 is 0 Å². The molecular formula is C43H58N4O3. The van der Waals surface area contributed by atoms with Gasteiger partial charge in [-0.15, -0.1) is 10.2 Å². The number of hydrogen-bond acceptors (Lipinski definition) is 7. The Bertz CT molecular complexity index is 1680. The van der Waals surface area contributed by atoms with Gasteiger partial charge in [0.25, 0.3) is 0 Å². The molecule has 4 aromatic carbocycles. The van der Waals surface area contributed by atoms with Crippen LogP contribution in [0.1, 0.15) is 110 Å². The molecule has 0 spiro atoms. The summed E-state index contributed by atoms with van der Waals surface area (Å²) in [6, 6.07) is 18.7. The number of ether oxygens (including phenoxy) is 1. The smallest absolute Gasteiger partial charge is 0.119 e.